The molecule has 0 saturated heterocycles. The van der Waals surface area contributed by atoms with E-state index in [1.54, 1.807) is 0 Å². The van der Waals surface area contributed by atoms with Crippen LogP contribution in [0.15, 0.2) is 29.8 Å². The number of anilines is 1. The van der Waals surface area contributed by atoms with Crippen molar-refractivity contribution in [1.29, 1.82) is 0 Å². The summed E-state index contributed by atoms with van der Waals surface area (Å²) in [6, 6.07) is 5.45. The lowest BCUT2D eigenvalue weighted by Gasteiger charge is -2.07. The van der Waals surface area contributed by atoms with Crippen molar-refractivity contribution in [2.45, 2.75) is 6.18 Å². The summed E-state index contributed by atoms with van der Waals surface area (Å²) < 4.78 is 37.9. The number of carbonyl (C=O) groups excluding carboxylic acids is 2. The Balaban J connectivity index is 2.19. The number of primary amides is 1. The Kier molecular flexibility index (Phi) is 3.94. The normalized spacial score (nSPS) is 11.2. The lowest BCUT2D eigenvalue weighted by Crippen LogP contribution is -2.17. The average molecular weight is 315 g/mol. The van der Waals surface area contributed by atoms with Crippen molar-refractivity contribution in [2.24, 2.45) is 5.73 Å². The summed E-state index contributed by atoms with van der Waals surface area (Å²) in [5, 5.41) is 2.30. The molecular weight excluding hydrogens is 307 g/mol. The van der Waals surface area contributed by atoms with Crippen LogP contribution >= 0.6 is 11.3 Å². The first kappa shape index (κ1) is 15.0. The number of rotatable bonds is 3. The van der Waals surface area contributed by atoms with Crippen molar-refractivity contribution < 1.29 is 22.8 Å². The van der Waals surface area contributed by atoms with Crippen molar-refractivity contribution in [3.8, 4) is 0 Å². The van der Waals surface area contributed by atoms with Gasteiger partial charge in [-0.05, 0) is 24.3 Å². The van der Waals surface area contributed by atoms with Gasteiger partial charge in [-0.3, -0.25) is 9.59 Å². The Morgan fingerprint density at radius 2 is 1.81 bits per heavy atom. The average Bonchev–Trinajstić information content (AvgIpc) is 2.88. The molecule has 1 heterocycles. The van der Waals surface area contributed by atoms with Crippen molar-refractivity contribution >= 4 is 28.8 Å². The highest BCUT2D eigenvalue weighted by Gasteiger charge is 2.38. The van der Waals surface area contributed by atoms with Gasteiger partial charge in [-0.1, -0.05) is 0 Å². The maximum Gasteiger partial charge on any atom is 0.434 e. The van der Waals surface area contributed by atoms with E-state index < -0.39 is 28.6 Å². The molecule has 0 spiro atoms. The Morgan fingerprint density at radius 1 is 1.19 bits per heavy atom. The van der Waals surface area contributed by atoms with Gasteiger partial charge in [0.1, 0.15) is 4.88 Å². The Morgan fingerprint density at radius 3 is 2.33 bits per heavy atom. The van der Waals surface area contributed by atoms with Crippen LogP contribution in [-0.4, -0.2) is 16.8 Å². The number of amides is 2. The van der Waals surface area contributed by atoms with Crippen LogP contribution in [0.1, 0.15) is 25.7 Å². The Labute approximate surface area is 120 Å². The third-order valence-corrected chi connectivity index (χ3v) is 3.29. The van der Waals surface area contributed by atoms with Gasteiger partial charge in [-0.2, -0.15) is 13.2 Å². The second-order valence-corrected chi connectivity index (χ2v) is 4.78. The molecule has 110 valence electrons. The molecule has 9 heteroatoms. The van der Waals surface area contributed by atoms with E-state index in [9.17, 15) is 22.8 Å². The number of alkyl halides is 3. The van der Waals surface area contributed by atoms with Crippen LogP contribution in [0.3, 0.4) is 0 Å². The molecule has 0 radical (unpaired) electrons. The van der Waals surface area contributed by atoms with Crippen molar-refractivity contribution in [2.75, 3.05) is 5.32 Å². The van der Waals surface area contributed by atoms with Gasteiger partial charge in [0.05, 0.1) is 5.51 Å². The van der Waals surface area contributed by atoms with E-state index in [1.807, 2.05) is 0 Å². The molecule has 0 fully saturated rings. The summed E-state index contributed by atoms with van der Waals surface area (Å²) in [6.45, 7) is 0. The Bertz CT molecular complexity index is 680. The highest BCUT2D eigenvalue weighted by atomic mass is 32.1. The highest BCUT2D eigenvalue weighted by molar-refractivity contribution is 7.12. The molecule has 0 unspecified atom stereocenters. The maximum absolute atomic E-state index is 12.6. The third-order valence-electron chi connectivity index (χ3n) is 2.47. The quantitative estimate of drug-likeness (QED) is 0.912. The number of benzene rings is 1. The molecule has 0 aliphatic rings. The van der Waals surface area contributed by atoms with E-state index in [-0.39, 0.29) is 11.3 Å². The van der Waals surface area contributed by atoms with Crippen LogP contribution in [0.5, 0.6) is 0 Å². The predicted octanol–water partition coefficient (Wildman–Crippen LogP) is 2.51. The smallest absolute Gasteiger partial charge is 0.366 e. The van der Waals surface area contributed by atoms with Crippen LogP contribution in [0, 0.1) is 0 Å². The van der Waals surface area contributed by atoms with Crippen LogP contribution < -0.4 is 11.1 Å². The van der Waals surface area contributed by atoms with E-state index in [2.05, 4.69) is 10.3 Å². The van der Waals surface area contributed by atoms with Gasteiger partial charge in [0.2, 0.25) is 5.91 Å². The second-order valence-electron chi connectivity index (χ2n) is 3.92. The number of nitrogens with one attached hydrogen (secondary N) is 1. The predicted molar refractivity (Wildman–Crippen MR) is 70.0 cm³/mol. The molecule has 0 atom stereocenters. The topological polar surface area (TPSA) is 85.1 Å². The van der Waals surface area contributed by atoms with Gasteiger partial charge in [0.25, 0.3) is 5.91 Å². The minimum atomic E-state index is -4.69. The number of aromatic nitrogens is 1. The van der Waals surface area contributed by atoms with Crippen molar-refractivity contribution in [1.82, 2.24) is 4.98 Å². The molecule has 0 aliphatic carbocycles. The van der Waals surface area contributed by atoms with Crippen molar-refractivity contribution in [3.63, 3.8) is 0 Å². The maximum atomic E-state index is 12.6. The van der Waals surface area contributed by atoms with Gasteiger partial charge in [0.15, 0.2) is 5.69 Å². The molecular formula is C12H8F3N3O2S. The van der Waals surface area contributed by atoms with E-state index >= 15 is 0 Å². The Hall–Kier alpha value is -2.42. The molecule has 2 aromatic rings. The fourth-order valence-electron chi connectivity index (χ4n) is 1.51. The molecule has 0 saturated carbocycles. The summed E-state index contributed by atoms with van der Waals surface area (Å²) in [4.78, 5) is 25.3. The fourth-order valence-corrected chi connectivity index (χ4v) is 2.22. The highest BCUT2D eigenvalue weighted by Crippen LogP contribution is 2.32. The van der Waals surface area contributed by atoms with Crippen LogP contribution in [0.2, 0.25) is 0 Å². The van der Waals surface area contributed by atoms with E-state index in [0.717, 1.165) is 5.51 Å². The zero-order chi connectivity index (χ0) is 15.6. The summed E-state index contributed by atoms with van der Waals surface area (Å²) in [5.74, 6) is -1.56. The van der Waals surface area contributed by atoms with E-state index in [0.29, 0.717) is 11.3 Å². The van der Waals surface area contributed by atoms with Gasteiger partial charge in [-0.25, -0.2) is 4.98 Å². The summed E-state index contributed by atoms with van der Waals surface area (Å²) in [6.07, 6.45) is -4.69. The zero-order valence-electron chi connectivity index (χ0n) is 10.3. The first-order chi connectivity index (χ1) is 9.79. The lowest BCUT2D eigenvalue weighted by molar-refractivity contribution is -0.141. The van der Waals surface area contributed by atoms with Gasteiger partial charge < -0.3 is 11.1 Å². The fraction of sp³-hybridized carbons (Fsp3) is 0.0833. The molecule has 2 amide bonds. The van der Waals surface area contributed by atoms with Crippen LogP contribution in [0.25, 0.3) is 0 Å². The molecule has 2 rings (SSSR count). The first-order valence-electron chi connectivity index (χ1n) is 5.51. The van der Waals surface area contributed by atoms with E-state index in [1.165, 1.54) is 24.3 Å². The van der Waals surface area contributed by atoms with E-state index in [4.69, 9.17) is 5.73 Å². The minimum Gasteiger partial charge on any atom is -0.366 e. The number of hydrogen-bond donors (Lipinski definition) is 2. The largest absolute Gasteiger partial charge is 0.434 e. The molecule has 1 aromatic carbocycles. The third kappa shape index (κ3) is 3.37. The minimum absolute atomic E-state index is 0.224. The number of hydrogen-bond acceptors (Lipinski definition) is 4. The number of nitrogens with zero attached hydrogens (tertiary/aromatic N) is 1. The van der Waals surface area contributed by atoms with Gasteiger partial charge in [-0.15, -0.1) is 11.3 Å². The lowest BCUT2D eigenvalue weighted by atomic mass is 10.2. The summed E-state index contributed by atoms with van der Waals surface area (Å²) in [5.41, 5.74) is 5.25. The number of carbonyl (C=O) groups is 2. The molecule has 3 N–H and O–H groups in total. The van der Waals surface area contributed by atoms with Crippen molar-refractivity contribution in [3.05, 3.63) is 45.9 Å². The number of thiazole rings is 1. The molecule has 0 aliphatic heterocycles. The van der Waals surface area contributed by atoms with Gasteiger partial charge in [0, 0.05) is 11.3 Å². The summed E-state index contributed by atoms with van der Waals surface area (Å²) >= 11 is 0.595. The number of nitrogens with two attached hydrogens (primary N) is 1. The molecule has 0 bridgehead atoms. The van der Waals surface area contributed by atoms with Gasteiger partial charge >= 0.3 is 6.18 Å². The SMILES string of the molecule is NC(=O)c1ccc(NC(=O)c2scnc2C(F)(F)F)cc1. The molecule has 5 nitrogen and oxygen atoms in total. The second kappa shape index (κ2) is 5.52. The standard InChI is InChI=1S/C12H8F3N3O2S/c13-12(14,15)9-8(21-5-17-9)11(20)18-7-3-1-6(2-4-7)10(16)19/h1-5H,(H2,16,19)(H,18,20). The molecule has 1 aromatic heterocycles. The summed E-state index contributed by atoms with van der Waals surface area (Å²) in [7, 11) is 0. The zero-order valence-corrected chi connectivity index (χ0v) is 11.1. The monoisotopic (exact) mass is 315 g/mol. The number of halogens is 3. The first-order valence-corrected chi connectivity index (χ1v) is 6.39. The van der Waals surface area contributed by atoms with Crippen LogP contribution in [0.4, 0.5) is 18.9 Å². The van der Waals surface area contributed by atoms with Crippen LogP contribution in [-0.2, 0) is 6.18 Å². The molecule has 21 heavy (non-hydrogen) atoms.